The summed E-state index contributed by atoms with van der Waals surface area (Å²) in [6.45, 7) is 4.13. The molecule has 4 heteroatoms. The first-order valence-electron chi connectivity index (χ1n) is 8.11. The molecule has 1 saturated heterocycles. The van der Waals surface area contributed by atoms with Crippen LogP contribution >= 0.6 is 0 Å². The molecule has 0 aromatic heterocycles. The number of hydrogen-bond donors (Lipinski definition) is 0. The van der Waals surface area contributed by atoms with Crippen molar-refractivity contribution in [2.45, 2.75) is 37.6 Å². The number of nitrogens with zero attached hydrogens (tertiary/aromatic N) is 1. The van der Waals surface area contributed by atoms with Crippen LogP contribution < -0.4 is 9.47 Å². The van der Waals surface area contributed by atoms with Gasteiger partial charge in [0.2, 0.25) is 6.79 Å². The van der Waals surface area contributed by atoms with Crippen molar-refractivity contribution in [3.05, 3.63) is 23.8 Å². The summed E-state index contributed by atoms with van der Waals surface area (Å²) in [5, 5.41) is 0. The molecule has 2 aliphatic heterocycles. The zero-order valence-electron chi connectivity index (χ0n) is 12.5. The van der Waals surface area contributed by atoms with E-state index in [1.54, 1.807) is 0 Å². The van der Waals surface area contributed by atoms with E-state index in [1.807, 2.05) is 0 Å². The quantitative estimate of drug-likeness (QED) is 0.837. The number of rotatable bonds is 2. The molecular weight excluding hydrogens is 266 g/mol. The van der Waals surface area contributed by atoms with Crippen LogP contribution in [0.1, 0.15) is 37.7 Å². The predicted octanol–water partition coefficient (Wildman–Crippen LogP) is 2.91. The summed E-state index contributed by atoms with van der Waals surface area (Å²) in [5.41, 5.74) is 1.57. The molecule has 1 aliphatic carbocycles. The van der Waals surface area contributed by atoms with Gasteiger partial charge in [-0.05, 0) is 30.5 Å². The van der Waals surface area contributed by atoms with Crippen molar-refractivity contribution in [2.24, 2.45) is 0 Å². The molecule has 2 fully saturated rings. The SMILES string of the molecule is c1cc2c(cc1C1(N3CCOCC3)CCCCC1)OCO2. The second-order valence-corrected chi connectivity index (χ2v) is 6.26. The Hall–Kier alpha value is -1.26. The minimum absolute atomic E-state index is 0.170. The van der Waals surface area contributed by atoms with Crippen molar-refractivity contribution in [1.82, 2.24) is 4.90 Å². The highest BCUT2D eigenvalue weighted by atomic mass is 16.7. The third kappa shape index (κ3) is 2.30. The number of benzene rings is 1. The van der Waals surface area contributed by atoms with Crippen LogP contribution in [0.4, 0.5) is 0 Å². The van der Waals surface area contributed by atoms with Crippen molar-refractivity contribution in [3.8, 4) is 11.5 Å². The summed E-state index contributed by atoms with van der Waals surface area (Å²) in [6, 6.07) is 6.53. The van der Waals surface area contributed by atoms with E-state index >= 15 is 0 Å². The van der Waals surface area contributed by atoms with E-state index in [9.17, 15) is 0 Å². The van der Waals surface area contributed by atoms with Crippen LogP contribution in [-0.2, 0) is 10.3 Å². The molecule has 0 N–H and O–H groups in total. The summed E-state index contributed by atoms with van der Waals surface area (Å²) >= 11 is 0. The van der Waals surface area contributed by atoms with Crippen LogP contribution in [0.15, 0.2) is 18.2 Å². The third-order valence-corrected chi connectivity index (χ3v) is 5.21. The Balaban J connectivity index is 1.71. The molecule has 4 nitrogen and oxygen atoms in total. The fourth-order valence-corrected chi connectivity index (χ4v) is 4.10. The van der Waals surface area contributed by atoms with Gasteiger partial charge in [-0.3, -0.25) is 4.90 Å². The van der Waals surface area contributed by atoms with Crippen molar-refractivity contribution in [1.29, 1.82) is 0 Å². The van der Waals surface area contributed by atoms with Gasteiger partial charge in [0.15, 0.2) is 11.5 Å². The Kier molecular flexibility index (Phi) is 3.51. The molecule has 3 aliphatic rings. The van der Waals surface area contributed by atoms with Gasteiger partial charge in [0, 0.05) is 18.6 Å². The molecule has 114 valence electrons. The minimum atomic E-state index is 0.170. The van der Waals surface area contributed by atoms with Crippen LogP contribution in [0.5, 0.6) is 11.5 Å². The molecular formula is C17H23NO3. The van der Waals surface area contributed by atoms with E-state index in [4.69, 9.17) is 14.2 Å². The Morgan fingerprint density at radius 1 is 0.905 bits per heavy atom. The van der Waals surface area contributed by atoms with Gasteiger partial charge >= 0.3 is 0 Å². The zero-order chi connectivity index (χ0) is 14.1. The maximum absolute atomic E-state index is 5.60. The highest BCUT2D eigenvalue weighted by molar-refractivity contribution is 5.46. The Morgan fingerprint density at radius 3 is 2.48 bits per heavy atom. The molecule has 0 amide bonds. The Bertz CT molecular complexity index is 505. The lowest BCUT2D eigenvalue weighted by molar-refractivity contribution is -0.0404. The molecule has 0 spiro atoms. The van der Waals surface area contributed by atoms with Crippen molar-refractivity contribution < 1.29 is 14.2 Å². The molecule has 21 heavy (non-hydrogen) atoms. The fourth-order valence-electron chi connectivity index (χ4n) is 4.10. The predicted molar refractivity (Wildman–Crippen MR) is 79.7 cm³/mol. The lowest BCUT2D eigenvalue weighted by Gasteiger charge is -2.48. The van der Waals surface area contributed by atoms with Gasteiger partial charge in [-0.1, -0.05) is 25.3 Å². The van der Waals surface area contributed by atoms with Gasteiger partial charge in [0.1, 0.15) is 0 Å². The molecule has 0 radical (unpaired) electrons. The van der Waals surface area contributed by atoms with E-state index in [2.05, 4.69) is 23.1 Å². The van der Waals surface area contributed by atoms with E-state index in [1.165, 1.54) is 37.7 Å². The highest BCUT2D eigenvalue weighted by Gasteiger charge is 2.40. The van der Waals surface area contributed by atoms with Crippen LogP contribution in [0.3, 0.4) is 0 Å². The largest absolute Gasteiger partial charge is 0.454 e. The first kappa shape index (κ1) is 13.4. The fraction of sp³-hybridized carbons (Fsp3) is 0.647. The van der Waals surface area contributed by atoms with Crippen LogP contribution in [0, 0.1) is 0 Å². The topological polar surface area (TPSA) is 30.9 Å². The standard InChI is InChI=1S/C17H23NO3/c1-2-6-17(7-3-1,18-8-10-19-11-9-18)14-4-5-15-16(12-14)21-13-20-15/h4-5,12H,1-3,6-11,13H2. The lowest BCUT2D eigenvalue weighted by Crippen LogP contribution is -2.52. The van der Waals surface area contributed by atoms with Gasteiger partial charge in [0.05, 0.1) is 13.2 Å². The molecule has 1 aromatic rings. The molecule has 2 heterocycles. The van der Waals surface area contributed by atoms with Crippen LogP contribution in [0.2, 0.25) is 0 Å². The molecule has 1 aromatic carbocycles. The highest BCUT2D eigenvalue weighted by Crippen LogP contribution is 2.45. The first-order chi connectivity index (χ1) is 10.4. The molecule has 0 atom stereocenters. The number of fused-ring (bicyclic) bond motifs is 1. The first-order valence-corrected chi connectivity index (χ1v) is 8.11. The normalized spacial score (nSPS) is 25.0. The summed E-state index contributed by atoms with van der Waals surface area (Å²) < 4.78 is 16.6. The Morgan fingerprint density at radius 2 is 1.67 bits per heavy atom. The number of ether oxygens (including phenoxy) is 3. The summed E-state index contributed by atoms with van der Waals surface area (Å²) in [4.78, 5) is 2.65. The van der Waals surface area contributed by atoms with E-state index in [0.717, 1.165) is 37.8 Å². The van der Waals surface area contributed by atoms with Gasteiger partial charge in [-0.15, -0.1) is 0 Å². The van der Waals surface area contributed by atoms with Gasteiger partial charge in [-0.2, -0.15) is 0 Å². The van der Waals surface area contributed by atoms with Gasteiger partial charge in [-0.25, -0.2) is 0 Å². The lowest BCUT2D eigenvalue weighted by atomic mass is 9.75. The van der Waals surface area contributed by atoms with Gasteiger partial charge < -0.3 is 14.2 Å². The minimum Gasteiger partial charge on any atom is -0.454 e. The second-order valence-electron chi connectivity index (χ2n) is 6.26. The summed E-state index contributed by atoms with van der Waals surface area (Å²) in [6.07, 6.45) is 6.47. The summed E-state index contributed by atoms with van der Waals surface area (Å²) in [5.74, 6) is 1.79. The number of morpholine rings is 1. The molecule has 0 bridgehead atoms. The maximum Gasteiger partial charge on any atom is 0.231 e. The van der Waals surface area contributed by atoms with Crippen LogP contribution in [0.25, 0.3) is 0 Å². The van der Waals surface area contributed by atoms with Gasteiger partial charge in [0.25, 0.3) is 0 Å². The van der Waals surface area contributed by atoms with E-state index in [-0.39, 0.29) is 5.54 Å². The van der Waals surface area contributed by atoms with Crippen LogP contribution in [-0.4, -0.2) is 38.0 Å². The maximum atomic E-state index is 5.60. The van der Waals surface area contributed by atoms with Crippen molar-refractivity contribution >= 4 is 0 Å². The Labute approximate surface area is 126 Å². The monoisotopic (exact) mass is 289 g/mol. The van der Waals surface area contributed by atoms with E-state index < -0.39 is 0 Å². The summed E-state index contributed by atoms with van der Waals surface area (Å²) in [7, 11) is 0. The van der Waals surface area contributed by atoms with Crippen molar-refractivity contribution in [2.75, 3.05) is 33.1 Å². The molecule has 4 rings (SSSR count). The smallest absolute Gasteiger partial charge is 0.231 e. The zero-order valence-corrected chi connectivity index (χ0v) is 12.5. The average molecular weight is 289 g/mol. The van der Waals surface area contributed by atoms with Crippen molar-refractivity contribution in [3.63, 3.8) is 0 Å². The molecule has 1 saturated carbocycles. The van der Waals surface area contributed by atoms with E-state index in [0.29, 0.717) is 6.79 Å². The average Bonchev–Trinajstić information content (AvgIpc) is 3.04. The third-order valence-electron chi connectivity index (χ3n) is 5.21. The number of hydrogen-bond acceptors (Lipinski definition) is 4. The molecule has 0 unspecified atom stereocenters. The second kappa shape index (κ2) is 5.50.